The smallest absolute Gasteiger partial charge is 0.355 e. The summed E-state index contributed by atoms with van der Waals surface area (Å²) in [7, 11) is -4.54. The van der Waals surface area contributed by atoms with Crippen LogP contribution in [0.2, 0.25) is 5.02 Å². The van der Waals surface area contributed by atoms with E-state index in [0.717, 1.165) is 23.3 Å². The Balaban J connectivity index is 2.15. The lowest BCUT2D eigenvalue weighted by atomic mass is 10.1. The monoisotopic (exact) mass is 623 g/mol. The van der Waals surface area contributed by atoms with E-state index in [1.807, 2.05) is 19.1 Å². The molecule has 0 heterocycles. The number of hydrogen-bond acceptors (Lipinski definition) is 4. The zero-order valence-corrected chi connectivity index (χ0v) is 25.3. The molecule has 226 valence electrons. The number of alkyl halides is 3. The van der Waals surface area contributed by atoms with Gasteiger partial charge in [-0.1, -0.05) is 66.0 Å². The van der Waals surface area contributed by atoms with Crippen LogP contribution in [0.5, 0.6) is 0 Å². The summed E-state index contributed by atoms with van der Waals surface area (Å²) >= 11 is 5.81. The summed E-state index contributed by atoms with van der Waals surface area (Å²) in [6, 6.07) is 14.7. The van der Waals surface area contributed by atoms with Crippen LogP contribution in [0.4, 0.5) is 18.9 Å². The number of nitrogens with zero attached hydrogens (tertiary/aromatic N) is 2. The van der Waals surface area contributed by atoms with Crippen molar-refractivity contribution >= 4 is 39.1 Å². The fraction of sp³-hybridized carbons (Fsp3) is 0.333. The van der Waals surface area contributed by atoms with Crippen molar-refractivity contribution in [1.82, 2.24) is 10.2 Å². The summed E-state index contributed by atoms with van der Waals surface area (Å²) in [5.74, 6) is -1.20. The van der Waals surface area contributed by atoms with Crippen molar-refractivity contribution < 1.29 is 31.2 Å². The van der Waals surface area contributed by atoms with Gasteiger partial charge in [0.25, 0.3) is 10.0 Å². The van der Waals surface area contributed by atoms with Crippen molar-refractivity contribution in [3.05, 3.63) is 94.0 Å². The quantitative estimate of drug-likeness (QED) is 0.279. The van der Waals surface area contributed by atoms with Crippen LogP contribution >= 0.6 is 11.6 Å². The Labute approximate surface area is 249 Å². The first-order valence-corrected chi connectivity index (χ1v) is 15.1. The third-order valence-electron chi connectivity index (χ3n) is 6.60. The van der Waals surface area contributed by atoms with E-state index < -0.39 is 56.9 Å². The summed E-state index contributed by atoms with van der Waals surface area (Å²) in [4.78, 5) is 28.0. The summed E-state index contributed by atoms with van der Waals surface area (Å²) in [6.07, 6.45) is -4.66. The number of amides is 2. The molecule has 2 amide bonds. The number of halogens is 4. The summed E-state index contributed by atoms with van der Waals surface area (Å²) < 4.78 is 69.7. The van der Waals surface area contributed by atoms with Crippen LogP contribution in [-0.2, 0) is 32.3 Å². The van der Waals surface area contributed by atoms with Gasteiger partial charge in [-0.05, 0) is 63.1 Å². The average Bonchev–Trinajstić information content (AvgIpc) is 2.91. The standard InChI is InChI=1S/C30H33ClF3N3O4S/c1-5-27(29(39)35-6-2)36(18-22-9-7-8-21(4)16-22)28(38)19-37(42(40,41)24-13-10-20(3)11-14-24)23-12-15-26(31)25(17-23)30(32,33)34/h7-17,27H,5-6,18-19H2,1-4H3,(H,35,39)/t27-/m0/s1. The molecule has 0 fully saturated rings. The molecule has 3 rings (SSSR count). The number of aryl methyl sites for hydroxylation is 2. The number of benzene rings is 3. The Bertz CT molecular complexity index is 1530. The van der Waals surface area contributed by atoms with Crippen molar-refractivity contribution in [2.45, 2.75) is 57.8 Å². The van der Waals surface area contributed by atoms with Crippen LogP contribution in [0.3, 0.4) is 0 Å². The molecule has 0 radical (unpaired) electrons. The minimum absolute atomic E-state index is 0.0248. The van der Waals surface area contributed by atoms with Gasteiger partial charge in [-0.15, -0.1) is 0 Å². The maximum absolute atomic E-state index is 14.0. The molecule has 0 saturated carbocycles. The molecule has 0 aliphatic heterocycles. The molecule has 0 aliphatic carbocycles. The van der Waals surface area contributed by atoms with Gasteiger partial charge in [-0.3, -0.25) is 13.9 Å². The number of carbonyl (C=O) groups excluding carboxylic acids is 2. The fourth-order valence-corrected chi connectivity index (χ4v) is 6.10. The zero-order chi connectivity index (χ0) is 31.2. The molecule has 0 bridgehead atoms. The third kappa shape index (κ3) is 7.83. The molecule has 42 heavy (non-hydrogen) atoms. The predicted molar refractivity (Wildman–Crippen MR) is 157 cm³/mol. The first kappa shape index (κ1) is 32.9. The van der Waals surface area contributed by atoms with Gasteiger partial charge >= 0.3 is 6.18 Å². The Morgan fingerprint density at radius 1 is 0.952 bits per heavy atom. The summed E-state index contributed by atoms with van der Waals surface area (Å²) in [5.41, 5.74) is 0.727. The summed E-state index contributed by atoms with van der Waals surface area (Å²) in [5, 5.41) is 2.08. The Morgan fingerprint density at radius 3 is 2.19 bits per heavy atom. The second-order valence-corrected chi connectivity index (χ2v) is 12.1. The topological polar surface area (TPSA) is 86.8 Å². The maximum Gasteiger partial charge on any atom is 0.417 e. The lowest BCUT2D eigenvalue weighted by Crippen LogP contribution is -2.52. The lowest BCUT2D eigenvalue weighted by molar-refractivity contribution is -0.140. The van der Waals surface area contributed by atoms with Gasteiger partial charge in [-0.2, -0.15) is 13.2 Å². The molecule has 3 aromatic rings. The van der Waals surface area contributed by atoms with Crippen LogP contribution in [0.25, 0.3) is 0 Å². The average molecular weight is 624 g/mol. The van der Waals surface area contributed by atoms with Gasteiger partial charge < -0.3 is 10.2 Å². The van der Waals surface area contributed by atoms with Crippen LogP contribution in [0, 0.1) is 13.8 Å². The van der Waals surface area contributed by atoms with Crippen LogP contribution in [0.1, 0.15) is 42.5 Å². The van der Waals surface area contributed by atoms with E-state index in [9.17, 15) is 31.2 Å². The number of nitrogens with one attached hydrogen (secondary N) is 1. The number of likely N-dealkylation sites (N-methyl/N-ethyl adjacent to an activating group) is 1. The Kier molecular flexibility index (Phi) is 10.7. The van der Waals surface area contributed by atoms with E-state index in [1.54, 1.807) is 45.0 Å². The molecule has 0 unspecified atom stereocenters. The van der Waals surface area contributed by atoms with Crippen molar-refractivity contribution in [2.24, 2.45) is 0 Å². The van der Waals surface area contributed by atoms with Crippen molar-refractivity contribution in [1.29, 1.82) is 0 Å². The van der Waals surface area contributed by atoms with E-state index in [-0.39, 0.29) is 17.9 Å². The van der Waals surface area contributed by atoms with Gasteiger partial charge in [0, 0.05) is 13.1 Å². The van der Waals surface area contributed by atoms with Gasteiger partial charge in [0.05, 0.1) is 21.2 Å². The molecule has 0 aromatic heterocycles. The van der Waals surface area contributed by atoms with Crippen LogP contribution in [-0.4, -0.2) is 44.3 Å². The molecule has 0 saturated heterocycles. The van der Waals surface area contributed by atoms with E-state index in [1.165, 1.54) is 17.0 Å². The number of sulfonamides is 1. The fourth-order valence-electron chi connectivity index (χ4n) is 4.47. The van der Waals surface area contributed by atoms with E-state index in [4.69, 9.17) is 11.6 Å². The SMILES string of the molecule is CCNC(=O)[C@H](CC)N(Cc1cccc(C)c1)C(=O)CN(c1ccc(Cl)c(C(F)(F)F)c1)S(=O)(=O)c1ccc(C)cc1. The molecule has 0 spiro atoms. The highest BCUT2D eigenvalue weighted by Crippen LogP contribution is 2.38. The number of anilines is 1. The van der Waals surface area contributed by atoms with Gasteiger partial charge in [0.2, 0.25) is 11.8 Å². The van der Waals surface area contributed by atoms with Crippen molar-refractivity contribution in [3.8, 4) is 0 Å². The highest BCUT2D eigenvalue weighted by Gasteiger charge is 2.37. The molecular formula is C30H33ClF3N3O4S. The minimum Gasteiger partial charge on any atom is -0.355 e. The van der Waals surface area contributed by atoms with Crippen molar-refractivity contribution in [3.63, 3.8) is 0 Å². The van der Waals surface area contributed by atoms with Gasteiger partial charge in [0.1, 0.15) is 12.6 Å². The molecule has 1 N–H and O–H groups in total. The lowest BCUT2D eigenvalue weighted by Gasteiger charge is -2.33. The Hall–Kier alpha value is -3.57. The number of rotatable bonds is 11. The van der Waals surface area contributed by atoms with Gasteiger partial charge in [-0.25, -0.2) is 8.42 Å². The van der Waals surface area contributed by atoms with Crippen LogP contribution < -0.4 is 9.62 Å². The molecular weight excluding hydrogens is 591 g/mol. The third-order valence-corrected chi connectivity index (χ3v) is 8.72. The van der Waals surface area contributed by atoms with Crippen molar-refractivity contribution in [2.75, 3.05) is 17.4 Å². The molecule has 3 aromatic carbocycles. The molecule has 1 atom stereocenters. The van der Waals surface area contributed by atoms with E-state index >= 15 is 0 Å². The van der Waals surface area contributed by atoms with Crippen LogP contribution in [0.15, 0.2) is 71.6 Å². The maximum atomic E-state index is 14.0. The normalized spacial score (nSPS) is 12.5. The number of hydrogen-bond donors (Lipinski definition) is 1. The molecule has 12 heteroatoms. The van der Waals surface area contributed by atoms with E-state index in [2.05, 4.69) is 5.32 Å². The number of carbonyl (C=O) groups is 2. The largest absolute Gasteiger partial charge is 0.417 e. The Morgan fingerprint density at radius 2 is 1.62 bits per heavy atom. The van der Waals surface area contributed by atoms with Gasteiger partial charge in [0.15, 0.2) is 0 Å². The second-order valence-electron chi connectivity index (χ2n) is 9.82. The predicted octanol–water partition coefficient (Wildman–Crippen LogP) is 6.11. The molecule has 7 nitrogen and oxygen atoms in total. The highest BCUT2D eigenvalue weighted by atomic mass is 35.5. The zero-order valence-electron chi connectivity index (χ0n) is 23.7. The second kappa shape index (κ2) is 13.6. The minimum atomic E-state index is -4.88. The first-order valence-electron chi connectivity index (χ1n) is 13.3. The van der Waals surface area contributed by atoms with E-state index in [0.29, 0.717) is 22.5 Å². The highest BCUT2D eigenvalue weighted by molar-refractivity contribution is 7.92. The molecule has 0 aliphatic rings. The first-order chi connectivity index (χ1) is 19.7. The summed E-state index contributed by atoms with van der Waals surface area (Å²) in [6.45, 7) is 6.48.